The molecule has 21 heavy (non-hydrogen) atoms. The zero-order valence-electron chi connectivity index (χ0n) is 13.3. The summed E-state index contributed by atoms with van der Waals surface area (Å²) >= 11 is 0. The average Bonchev–Trinajstić information content (AvgIpc) is 2.74. The molecule has 1 aromatic heterocycles. The van der Waals surface area contributed by atoms with Gasteiger partial charge < -0.3 is 13.7 Å². The summed E-state index contributed by atoms with van der Waals surface area (Å²) in [5.41, 5.74) is 2.42. The second-order valence-corrected chi connectivity index (χ2v) is 6.70. The Kier molecular flexibility index (Phi) is 2.91. The molecular weight excluding hydrogens is 269 g/mol. The molecule has 1 aliphatic rings. The monoisotopic (exact) mass is 289 g/mol. The van der Waals surface area contributed by atoms with Gasteiger partial charge in [-0.05, 0) is 51.7 Å². The van der Waals surface area contributed by atoms with Gasteiger partial charge in [0.2, 0.25) is 0 Å². The first-order valence-corrected chi connectivity index (χ1v) is 7.08. The molecule has 0 saturated carbocycles. The highest BCUT2D eigenvalue weighted by molar-refractivity contribution is 6.62. The quantitative estimate of drug-likeness (QED) is 0.750. The Balaban J connectivity index is 2.09. The summed E-state index contributed by atoms with van der Waals surface area (Å²) in [6, 6.07) is 3.81. The number of nitrogens with zero attached hydrogens (tertiary/aromatic N) is 1. The van der Waals surface area contributed by atoms with Crippen LogP contribution in [-0.4, -0.2) is 22.9 Å². The molecular formula is C15H20BNO4. The molecule has 0 aliphatic carbocycles. The molecule has 0 amide bonds. The number of benzene rings is 1. The fourth-order valence-corrected chi connectivity index (χ4v) is 2.65. The summed E-state index contributed by atoms with van der Waals surface area (Å²) in [5.74, 6) is -0.362. The first kappa shape index (κ1) is 14.4. The van der Waals surface area contributed by atoms with Gasteiger partial charge in [-0.3, -0.25) is 4.57 Å². The van der Waals surface area contributed by atoms with Gasteiger partial charge in [0.15, 0.2) is 5.58 Å². The third-order valence-electron chi connectivity index (χ3n) is 4.62. The van der Waals surface area contributed by atoms with Crippen molar-refractivity contribution < 1.29 is 13.7 Å². The van der Waals surface area contributed by atoms with E-state index in [0.717, 1.165) is 16.5 Å². The predicted molar refractivity (Wildman–Crippen MR) is 81.9 cm³/mol. The molecule has 6 heteroatoms. The Morgan fingerprint density at radius 3 is 2.24 bits per heavy atom. The van der Waals surface area contributed by atoms with Crippen LogP contribution < -0.4 is 11.2 Å². The fourth-order valence-electron chi connectivity index (χ4n) is 2.65. The van der Waals surface area contributed by atoms with Gasteiger partial charge in [0.1, 0.15) is 0 Å². The van der Waals surface area contributed by atoms with Gasteiger partial charge in [0, 0.05) is 7.05 Å². The van der Waals surface area contributed by atoms with E-state index in [9.17, 15) is 4.79 Å². The molecule has 0 atom stereocenters. The van der Waals surface area contributed by atoms with E-state index < -0.39 is 18.3 Å². The van der Waals surface area contributed by atoms with Crippen molar-refractivity contribution in [1.82, 2.24) is 4.57 Å². The Morgan fingerprint density at radius 2 is 1.67 bits per heavy atom. The van der Waals surface area contributed by atoms with E-state index in [1.54, 1.807) is 7.05 Å². The molecule has 0 N–H and O–H groups in total. The summed E-state index contributed by atoms with van der Waals surface area (Å²) in [4.78, 5) is 11.7. The van der Waals surface area contributed by atoms with Crippen molar-refractivity contribution in [2.45, 2.75) is 45.8 Å². The lowest BCUT2D eigenvalue weighted by Gasteiger charge is -2.32. The zero-order valence-corrected chi connectivity index (χ0v) is 13.3. The number of hydrogen-bond donors (Lipinski definition) is 0. The minimum absolute atomic E-state index is 0.362. The third-order valence-corrected chi connectivity index (χ3v) is 4.62. The molecule has 3 rings (SSSR count). The lowest BCUT2D eigenvalue weighted by molar-refractivity contribution is 0.00578. The minimum atomic E-state index is -0.455. The Labute approximate surface area is 124 Å². The molecule has 1 fully saturated rings. The van der Waals surface area contributed by atoms with Gasteiger partial charge in [-0.25, -0.2) is 4.79 Å². The van der Waals surface area contributed by atoms with Crippen LogP contribution in [0, 0.1) is 6.92 Å². The van der Waals surface area contributed by atoms with Crippen molar-refractivity contribution >= 4 is 23.7 Å². The van der Waals surface area contributed by atoms with E-state index in [-0.39, 0.29) is 5.76 Å². The fraction of sp³-hybridized carbons (Fsp3) is 0.533. The van der Waals surface area contributed by atoms with Gasteiger partial charge in [-0.2, -0.15) is 0 Å². The van der Waals surface area contributed by atoms with E-state index in [4.69, 9.17) is 13.7 Å². The van der Waals surface area contributed by atoms with Crippen LogP contribution in [0.3, 0.4) is 0 Å². The highest BCUT2D eigenvalue weighted by Gasteiger charge is 2.51. The van der Waals surface area contributed by atoms with Crippen LogP contribution in [0.5, 0.6) is 0 Å². The maximum Gasteiger partial charge on any atom is 0.494 e. The maximum atomic E-state index is 11.7. The summed E-state index contributed by atoms with van der Waals surface area (Å²) in [7, 11) is 1.25. The third kappa shape index (κ3) is 2.05. The van der Waals surface area contributed by atoms with Crippen LogP contribution >= 0.6 is 0 Å². The van der Waals surface area contributed by atoms with Crippen molar-refractivity contribution in [3.63, 3.8) is 0 Å². The molecule has 5 nitrogen and oxygen atoms in total. The highest BCUT2D eigenvalue weighted by atomic mass is 16.7. The minimum Gasteiger partial charge on any atom is -0.408 e. The molecule has 2 aromatic rings. The van der Waals surface area contributed by atoms with E-state index >= 15 is 0 Å². The highest BCUT2D eigenvalue weighted by Crippen LogP contribution is 2.36. The lowest BCUT2D eigenvalue weighted by Crippen LogP contribution is -2.41. The van der Waals surface area contributed by atoms with Crippen LogP contribution in [0.2, 0.25) is 0 Å². The molecule has 0 bridgehead atoms. The van der Waals surface area contributed by atoms with Gasteiger partial charge in [-0.1, -0.05) is 6.07 Å². The van der Waals surface area contributed by atoms with Crippen LogP contribution in [0.25, 0.3) is 11.1 Å². The average molecular weight is 289 g/mol. The molecule has 0 radical (unpaired) electrons. The number of aryl methyl sites for hydroxylation is 2. The van der Waals surface area contributed by atoms with E-state index in [2.05, 4.69) is 0 Å². The molecule has 1 saturated heterocycles. The van der Waals surface area contributed by atoms with Crippen LogP contribution in [0.4, 0.5) is 0 Å². The second-order valence-electron chi connectivity index (χ2n) is 6.70. The normalized spacial score (nSPS) is 20.4. The first-order valence-electron chi connectivity index (χ1n) is 7.08. The zero-order chi connectivity index (χ0) is 15.6. The number of hydrogen-bond acceptors (Lipinski definition) is 4. The van der Waals surface area contributed by atoms with Crippen molar-refractivity contribution in [2.75, 3.05) is 0 Å². The summed E-state index contributed by atoms with van der Waals surface area (Å²) < 4.78 is 18.9. The topological polar surface area (TPSA) is 53.6 Å². The van der Waals surface area contributed by atoms with Crippen molar-refractivity contribution in [2.24, 2.45) is 7.05 Å². The number of fused-ring (bicyclic) bond motifs is 1. The Hall–Kier alpha value is -1.53. The molecule has 0 unspecified atom stereocenters. The lowest BCUT2D eigenvalue weighted by atomic mass is 9.78. The number of aromatic nitrogens is 1. The van der Waals surface area contributed by atoms with Crippen LogP contribution in [0.1, 0.15) is 33.3 Å². The maximum absolute atomic E-state index is 11.7. The van der Waals surface area contributed by atoms with Gasteiger partial charge in [-0.15, -0.1) is 0 Å². The predicted octanol–water partition coefficient (Wildman–Crippen LogP) is 1.74. The van der Waals surface area contributed by atoms with E-state index in [1.807, 2.05) is 46.8 Å². The molecule has 1 aliphatic heterocycles. The van der Waals surface area contributed by atoms with Crippen molar-refractivity contribution in [3.05, 3.63) is 28.2 Å². The van der Waals surface area contributed by atoms with Gasteiger partial charge >= 0.3 is 12.9 Å². The van der Waals surface area contributed by atoms with Gasteiger partial charge in [0.05, 0.1) is 16.7 Å². The van der Waals surface area contributed by atoms with Gasteiger partial charge in [0.25, 0.3) is 0 Å². The Morgan fingerprint density at radius 1 is 1.10 bits per heavy atom. The first-order chi connectivity index (χ1) is 9.62. The molecule has 112 valence electrons. The van der Waals surface area contributed by atoms with E-state index in [1.165, 1.54) is 4.57 Å². The number of oxazole rings is 1. The standard InChI is InChI=1S/C15H20BNO4/c1-9-7-10(8-11-12(9)17(6)13(18)19-11)16-20-14(2,3)15(4,5)21-16/h7-8H,1-6H3. The van der Waals surface area contributed by atoms with Crippen LogP contribution in [-0.2, 0) is 16.4 Å². The van der Waals surface area contributed by atoms with Crippen LogP contribution in [0.15, 0.2) is 21.3 Å². The second kappa shape index (κ2) is 4.24. The largest absolute Gasteiger partial charge is 0.494 e. The number of rotatable bonds is 1. The SMILES string of the molecule is Cc1cc(B2OC(C)(C)C(C)(C)O2)cc2oc(=O)n(C)c12. The summed E-state index contributed by atoms with van der Waals surface area (Å²) in [5, 5.41) is 0. The van der Waals surface area contributed by atoms with E-state index in [0.29, 0.717) is 5.58 Å². The Bertz CT molecular complexity index is 756. The van der Waals surface area contributed by atoms with Crippen molar-refractivity contribution in [1.29, 1.82) is 0 Å². The molecule has 0 spiro atoms. The molecule has 1 aromatic carbocycles. The van der Waals surface area contributed by atoms with Crippen molar-refractivity contribution in [3.8, 4) is 0 Å². The smallest absolute Gasteiger partial charge is 0.408 e. The summed E-state index contributed by atoms with van der Waals surface area (Å²) in [6.07, 6.45) is 0. The summed E-state index contributed by atoms with van der Waals surface area (Å²) in [6.45, 7) is 10.0. The molecule has 2 heterocycles.